The first-order valence-electron chi connectivity index (χ1n) is 6.10. The summed E-state index contributed by atoms with van der Waals surface area (Å²) < 4.78 is 27.5. The topological polar surface area (TPSA) is 83.7 Å². The van der Waals surface area contributed by atoms with E-state index in [2.05, 4.69) is 0 Å². The third kappa shape index (κ3) is 3.23. The highest BCUT2D eigenvalue weighted by Gasteiger charge is 2.33. The maximum Gasteiger partial charge on any atom is 0.305 e. The van der Waals surface area contributed by atoms with Crippen LogP contribution in [0.3, 0.4) is 0 Å². The first-order chi connectivity index (χ1) is 9.91. The average Bonchev–Trinajstić information content (AvgIpc) is 2.41. The number of thioether (sulfide) groups is 1. The van der Waals surface area contributed by atoms with Crippen LogP contribution in [0, 0.1) is 21.7 Å². The van der Waals surface area contributed by atoms with E-state index in [0.29, 0.717) is 17.6 Å². The lowest BCUT2D eigenvalue weighted by atomic mass is 10.1. The van der Waals surface area contributed by atoms with E-state index in [1.165, 1.54) is 16.7 Å². The van der Waals surface area contributed by atoms with Crippen molar-refractivity contribution in [3.63, 3.8) is 0 Å². The normalized spacial score (nSPS) is 18.6. The minimum atomic E-state index is -1.31. The van der Waals surface area contributed by atoms with Crippen molar-refractivity contribution < 1.29 is 23.6 Å². The fourth-order valence-electron chi connectivity index (χ4n) is 2.27. The number of carboxylic acids is 1. The summed E-state index contributed by atoms with van der Waals surface area (Å²) in [4.78, 5) is 22.4. The maximum atomic E-state index is 14.0. The monoisotopic (exact) mass is 318 g/mol. The highest BCUT2D eigenvalue weighted by molar-refractivity contribution is 7.99. The van der Waals surface area contributed by atoms with E-state index in [9.17, 15) is 23.7 Å². The Balaban J connectivity index is 2.49. The Morgan fingerprint density at radius 2 is 2.24 bits per heavy atom. The van der Waals surface area contributed by atoms with E-state index in [1.807, 2.05) is 0 Å². The molecule has 1 aromatic carbocycles. The van der Waals surface area contributed by atoms with Gasteiger partial charge < -0.3 is 10.0 Å². The molecule has 1 aromatic rings. The number of carbonyl (C=O) groups is 1. The fraction of sp³-hybridized carbons (Fsp3) is 0.417. The number of nitro benzene ring substituents is 1. The van der Waals surface area contributed by atoms with E-state index < -0.39 is 39.9 Å². The molecule has 9 heteroatoms. The second-order valence-electron chi connectivity index (χ2n) is 4.51. The summed E-state index contributed by atoms with van der Waals surface area (Å²) in [5.41, 5.74) is -1.03. The Labute approximate surface area is 122 Å². The fourth-order valence-corrected chi connectivity index (χ4v) is 3.33. The summed E-state index contributed by atoms with van der Waals surface area (Å²) in [6, 6.07) is 0.978. The lowest BCUT2D eigenvalue weighted by Crippen LogP contribution is -2.44. The number of carboxylic acid groups (broad SMARTS) is 1. The van der Waals surface area contributed by atoms with Crippen molar-refractivity contribution in [2.24, 2.45) is 0 Å². The lowest BCUT2D eigenvalue weighted by Gasteiger charge is -2.36. The van der Waals surface area contributed by atoms with Crippen LogP contribution in [0.2, 0.25) is 0 Å². The van der Waals surface area contributed by atoms with Crippen molar-refractivity contribution in [3.8, 4) is 0 Å². The summed E-state index contributed by atoms with van der Waals surface area (Å²) in [5, 5.41) is 19.9. The Bertz CT molecular complexity index is 585. The van der Waals surface area contributed by atoms with Crippen LogP contribution in [0.5, 0.6) is 0 Å². The van der Waals surface area contributed by atoms with Gasteiger partial charge in [0.2, 0.25) is 0 Å². The first-order valence-corrected chi connectivity index (χ1v) is 7.26. The molecular weight excluding hydrogens is 306 g/mol. The Morgan fingerprint density at radius 1 is 1.52 bits per heavy atom. The SMILES string of the molecule is O=C(O)CC1CSCCN1c1c([N+](=O)[O-])ccc(F)c1F. The molecule has 0 aliphatic carbocycles. The average molecular weight is 318 g/mol. The van der Waals surface area contributed by atoms with Crippen LogP contribution >= 0.6 is 11.8 Å². The zero-order valence-electron chi connectivity index (χ0n) is 10.8. The van der Waals surface area contributed by atoms with Gasteiger partial charge in [-0.25, -0.2) is 8.78 Å². The van der Waals surface area contributed by atoms with Crippen LogP contribution in [0.25, 0.3) is 0 Å². The molecule has 114 valence electrons. The van der Waals surface area contributed by atoms with Crippen molar-refractivity contribution in [1.29, 1.82) is 0 Å². The molecule has 0 saturated carbocycles. The van der Waals surface area contributed by atoms with Gasteiger partial charge in [0.25, 0.3) is 5.69 Å². The third-order valence-corrected chi connectivity index (χ3v) is 4.26. The smallest absolute Gasteiger partial charge is 0.305 e. The van der Waals surface area contributed by atoms with Gasteiger partial charge in [0, 0.05) is 30.2 Å². The number of hydrogen-bond acceptors (Lipinski definition) is 5. The van der Waals surface area contributed by atoms with Gasteiger partial charge in [0.15, 0.2) is 17.3 Å². The molecular formula is C12H12F2N2O4S. The quantitative estimate of drug-likeness (QED) is 0.677. The molecule has 1 atom stereocenters. The van der Waals surface area contributed by atoms with Crippen LogP contribution in [0.15, 0.2) is 12.1 Å². The molecule has 21 heavy (non-hydrogen) atoms. The van der Waals surface area contributed by atoms with Crippen LogP contribution < -0.4 is 4.90 Å². The van der Waals surface area contributed by atoms with Gasteiger partial charge in [-0.2, -0.15) is 11.8 Å². The Kier molecular flexibility index (Phi) is 4.61. The third-order valence-electron chi connectivity index (χ3n) is 3.17. The number of anilines is 1. The molecule has 2 rings (SSSR count). The van der Waals surface area contributed by atoms with E-state index in [1.54, 1.807) is 0 Å². The van der Waals surface area contributed by atoms with E-state index in [-0.39, 0.29) is 13.0 Å². The van der Waals surface area contributed by atoms with Gasteiger partial charge in [-0.05, 0) is 6.07 Å². The molecule has 6 nitrogen and oxygen atoms in total. The van der Waals surface area contributed by atoms with Crippen LogP contribution in [-0.4, -0.2) is 40.1 Å². The molecule has 1 N–H and O–H groups in total. The zero-order chi connectivity index (χ0) is 15.6. The number of rotatable bonds is 4. The van der Waals surface area contributed by atoms with Crippen molar-refractivity contribution in [1.82, 2.24) is 0 Å². The van der Waals surface area contributed by atoms with Gasteiger partial charge in [0.1, 0.15) is 0 Å². The molecule has 0 radical (unpaired) electrons. The largest absolute Gasteiger partial charge is 0.481 e. The second kappa shape index (κ2) is 6.25. The summed E-state index contributed by atoms with van der Waals surface area (Å²) >= 11 is 1.48. The maximum absolute atomic E-state index is 14.0. The van der Waals surface area contributed by atoms with Gasteiger partial charge >= 0.3 is 5.97 Å². The Morgan fingerprint density at radius 3 is 2.86 bits per heavy atom. The van der Waals surface area contributed by atoms with Crippen LogP contribution in [0.4, 0.5) is 20.2 Å². The highest BCUT2D eigenvalue weighted by Crippen LogP contribution is 2.36. The molecule has 1 fully saturated rings. The van der Waals surface area contributed by atoms with E-state index >= 15 is 0 Å². The van der Waals surface area contributed by atoms with Gasteiger partial charge in [-0.3, -0.25) is 14.9 Å². The predicted molar refractivity (Wildman–Crippen MR) is 73.7 cm³/mol. The molecule has 1 unspecified atom stereocenters. The van der Waals surface area contributed by atoms with Crippen molar-refractivity contribution in [2.75, 3.05) is 23.0 Å². The van der Waals surface area contributed by atoms with Gasteiger partial charge in [0.05, 0.1) is 11.3 Å². The van der Waals surface area contributed by atoms with Crippen LogP contribution in [-0.2, 0) is 4.79 Å². The number of benzene rings is 1. The molecule has 1 aliphatic heterocycles. The summed E-state index contributed by atoms with van der Waals surface area (Å²) in [6.07, 6.45) is -0.292. The minimum absolute atomic E-state index is 0.226. The molecule has 0 amide bonds. The van der Waals surface area contributed by atoms with Crippen molar-refractivity contribution >= 4 is 29.1 Å². The van der Waals surface area contributed by atoms with Crippen molar-refractivity contribution in [3.05, 3.63) is 33.9 Å². The summed E-state index contributed by atoms with van der Waals surface area (Å²) in [6.45, 7) is 0.226. The molecule has 0 spiro atoms. The molecule has 0 aromatic heterocycles. The highest BCUT2D eigenvalue weighted by atomic mass is 32.2. The molecule has 0 bridgehead atoms. The molecule has 1 heterocycles. The minimum Gasteiger partial charge on any atom is -0.481 e. The lowest BCUT2D eigenvalue weighted by molar-refractivity contribution is -0.384. The number of aliphatic carboxylic acids is 1. The number of nitrogens with zero attached hydrogens (tertiary/aromatic N) is 2. The standard InChI is InChI=1S/C12H12F2N2O4S/c13-8-1-2-9(16(19)20)12(11(8)14)15-3-4-21-6-7(15)5-10(17)18/h1-2,7H,3-6H2,(H,17,18). The summed E-state index contributed by atoms with van der Waals surface area (Å²) in [5.74, 6) is -2.65. The van der Waals surface area contributed by atoms with Crippen molar-refractivity contribution in [2.45, 2.75) is 12.5 Å². The zero-order valence-corrected chi connectivity index (χ0v) is 11.6. The van der Waals surface area contributed by atoms with E-state index in [4.69, 9.17) is 5.11 Å². The second-order valence-corrected chi connectivity index (χ2v) is 5.66. The van der Waals surface area contributed by atoms with Crippen LogP contribution in [0.1, 0.15) is 6.42 Å². The van der Waals surface area contributed by atoms with Gasteiger partial charge in [-0.1, -0.05) is 0 Å². The van der Waals surface area contributed by atoms with E-state index in [0.717, 1.165) is 6.07 Å². The number of halogens is 2. The Hall–Kier alpha value is -1.90. The van der Waals surface area contributed by atoms with Gasteiger partial charge in [-0.15, -0.1) is 0 Å². The first kappa shape index (κ1) is 15.5. The number of hydrogen-bond donors (Lipinski definition) is 1. The molecule has 1 saturated heterocycles. The predicted octanol–water partition coefficient (Wildman–Crippen LogP) is 2.27. The number of nitro groups is 1. The summed E-state index contributed by atoms with van der Waals surface area (Å²) in [7, 11) is 0. The molecule has 1 aliphatic rings.